The highest BCUT2D eigenvalue weighted by Crippen LogP contribution is 2.18. The summed E-state index contributed by atoms with van der Waals surface area (Å²) in [7, 11) is 1.23. The van der Waals surface area contributed by atoms with Gasteiger partial charge >= 0.3 is 5.97 Å². The van der Waals surface area contributed by atoms with Crippen molar-refractivity contribution in [2.75, 3.05) is 7.11 Å². The zero-order chi connectivity index (χ0) is 11.4. The van der Waals surface area contributed by atoms with Crippen LogP contribution < -0.4 is 0 Å². The summed E-state index contributed by atoms with van der Waals surface area (Å²) in [6, 6.07) is 1.29. The molecule has 0 aromatic carbocycles. The molecule has 1 aromatic rings. The first-order valence-corrected chi connectivity index (χ1v) is 5.00. The van der Waals surface area contributed by atoms with Crippen molar-refractivity contribution < 1.29 is 14.5 Å². The van der Waals surface area contributed by atoms with Crippen molar-refractivity contribution in [2.45, 2.75) is 5.33 Å². The van der Waals surface area contributed by atoms with Crippen LogP contribution in [0.15, 0.2) is 12.3 Å². The molecule has 0 spiro atoms. The van der Waals surface area contributed by atoms with Gasteiger partial charge < -0.3 is 4.74 Å². The highest BCUT2D eigenvalue weighted by Gasteiger charge is 2.17. The van der Waals surface area contributed by atoms with Gasteiger partial charge in [-0.2, -0.15) is 0 Å². The minimum atomic E-state index is -0.612. The van der Waals surface area contributed by atoms with Gasteiger partial charge in [0, 0.05) is 17.0 Å². The molecule has 0 fully saturated rings. The first kappa shape index (κ1) is 11.6. The van der Waals surface area contributed by atoms with Crippen LogP contribution in [-0.4, -0.2) is 23.0 Å². The maximum Gasteiger partial charge on any atom is 0.356 e. The molecule has 0 aliphatic carbocycles. The van der Waals surface area contributed by atoms with Crippen LogP contribution in [0.2, 0.25) is 0 Å². The summed E-state index contributed by atoms with van der Waals surface area (Å²) in [5.74, 6) is -0.612. The number of pyridine rings is 1. The van der Waals surface area contributed by atoms with Gasteiger partial charge in [-0.15, -0.1) is 0 Å². The fraction of sp³-hybridized carbons (Fsp3) is 0.250. The van der Waals surface area contributed by atoms with Crippen LogP contribution in [0, 0.1) is 10.1 Å². The molecule has 1 aromatic heterocycles. The number of hydrogen-bond acceptors (Lipinski definition) is 5. The van der Waals surface area contributed by atoms with E-state index in [1.54, 1.807) is 0 Å². The summed E-state index contributed by atoms with van der Waals surface area (Å²) >= 11 is 3.12. The van der Waals surface area contributed by atoms with E-state index in [0.29, 0.717) is 10.9 Å². The Labute approximate surface area is 93.5 Å². The van der Waals surface area contributed by atoms with Crippen LogP contribution in [0.4, 0.5) is 5.69 Å². The van der Waals surface area contributed by atoms with Gasteiger partial charge in [0.1, 0.15) is 6.20 Å². The standard InChI is InChI=1S/C8H7BrN2O4/c1-15-8(12)7-5(3-9)2-6(4-10-7)11(13)14/h2,4H,3H2,1H3. The average Bonchev–Trinajstić information content (AvgIpc) is 2.27. The lowest BCUT2D eigenvalue weighted by molar-refractivity contribution is -0.385. The zero-order valence-electron chi connectivity index (χ0n) is 7.77. The van der Waals surface area contributed by atoms with E-state index >= 15 is 0 Å². The number of nitrogens with zero attached hydrogens (tertiary/aromatic N) is 2. The Balaban J connectivity index is 3.20. The van der Waals surface area contributed by atoms with Gasteiger partial charge in [0.15, 0.2) is 5.69 Å². The lowest BCUT2D eigenvalue weighted by Gasteiger charge is -2.03. The van der Waals surface area contributed by atoms with Crippen LogP contribution >= 0.6 is 15.9 Å². The number of carbonyl (C=O) groups excluding carboxylic acids is 1. The summed E-state index contributed by atoms with van der Waals surface area (Å²) in [4.78, 5) is 24.8. The molecule has 80 valence electrons. The third kappa shape index (κ3) is 2.50. The topological polar surface area (TPSA) is 82.3 Å². The van der Waals surface area contributed by atoms with Gasteiger partial charge in [-0.25, -0.2) is 9.78 Å². The number of methoxy groups -OCH3 is 1. The largest absolute Gasteiger partial charge is 0.464 e. The number of hydrogen-bond donors (Lipinski definition) is 0. The first-order chi connectivity index (χ1) is 7.10. The second-order valence-electron chi connectivity index (χ2n) is 2.58. The first-order valence-electron chi connectivity index (χ1n) is 3.87. The van der Waals surface area contributed by atoms with E-state index in [2.05, 4.69) is 25.7 Å². The molecule has 0 atom stereocenters. The number of ether oxygens (including phenoxy) is 1. The Bertz CT molecular complexity index is 408. The summed E-state index contributed by atoms with van der Waals surface area (Å²) < 4.78 is 4.49. The maximum absolute atomic E-state index is 11.2. The predicted octanol–water partition coefficient (Wildman–Crippen LogP) is 1.67. The van der Waals surface area contributed by atoms with Gasteiger partial charge in [0.25, 0.3) is 5.69 Å². The Hall–Kier alpha value is -1.50. The predicted molar refractivity (Wildman–Crippen MR) is 54.9 cm³/mol. The molecule has 0 aliphatic rings. The molecule has 0 amide bonds. The molecule has 0 N–H and O–H groups in total. The van der Waals surface area contributed by atoms with Crippen LogP contribution in [0.5, 0.6) is 0 Å². The van der Waals surface area contributed by atoms with Crippen molar-refractivity contribution in [3.63, 3.8) is 0 Å². The second kappa shape index (κ2) is 4.83. The Morgan fingerprint density at radius 2 is 2.40 bits per heavy atom. The molecular weight excluding hydrogens is 268 g/mol. The fourth-order valence-corrected chi connectivity index (χ4v) is 1.41. The van der Waals surface area contributed by atoms with Crippen molar-refractivity contribution in [3.05, 3.63) is 33.6 Å². The second-order valence-corrected chi connectivity index (χ2v) is 3.14. The smallest absolute Gasteiger partial charge is 0.356 e. The molecule has 15 heavy (non-hydrogen) atoms. The molecule has 1 heterocycles. The fourth-order valence-electron chi connectivity index (χ4n) is 0.980. The number of esters is 1. The molecule has 0 aliphatic heterocycles. The lowest BCUT2D eigenvalue weighted by atomic mass is 10.2. The third-order valence-corrected chi connectivity index (χ3v) is 2.29. The SMILES string of the molecule is COC(=O)c1ncc([N+](=O)[O-])cc1CBr. The summed E-state index contributed by atoms with van der Waals surface area (Å²) in [5, 5.41) is 10.8. The number of alkyl halides is 1. The lowest BCUT2D eigenvalue weighted by Crippen LogP contribution is -2.08. The van der Waals surface area contributed by atoms with E-state index in [0.717, 1.165) is 6.20 Å². The van der Waals surface area contributed by atoms with Gasteiger partial charge in [-0.05, 0) is 0 Å². The molecule has 0 saturated carbocycles. The number of carbonyl (C=O) groups is 1. The van der Waals surface area contributed by atoms with E-state index in [1.807, 2.05) is 0 Å². The zero-order valence-corrected chi connectivity index (χ0v) is 9.35. The highest BCUT2D eigenvalue weighted by molar-refractivity contribution is 9.08. The van der Waals surface area contributed by atoms with Crippen LogP contribution in [0.1, 0.15) is 16.1 Å². The van der Waals surface area contributed by atoms with Gasteiger partial charge in [-0.3, -0.25) is 10.1 Å². The van der Waals surface area contributed by atoms with Crippen LogP contribution in [0.3, 0.4) is 0 Å². The number of rotatable bonds is 3. The molecule has 0 radical (unpaired) electrons. The minimum absolute atomic E-state index is 0.0833. The molecule has 0 unspecified atom stereocenters. The molecule has 1 rings (SSSR count). The Morgan fingerprint density at radius 1 is 1.73 bits per heavy atom. The van der Waals surface area contributed by atoms with Gasteiger partial charge in [0.2, 0.25) is 0 Å². The van der Waals surface area contributed by atoms with E-state index in [-0.39, 0.29) is 11.4 Å². The molecule has 0 bridgehead atoms. The summed E-state index contributed by atoms with van der Waals surface area (Å²) in [6.07, 6.45) is 1.03. The van der Waals surface area contributed by atoms with Crippen molar-refractivity contribution in [1.29, 1.82) is 0 Å². The molecule has 0 saturated heterocycles. The van der Waals surface area contributed by atoms with Crippen molar-refractivity contribution in [2.24, 2.45) is 0 Å². The van der Waals surface area contributed by atoms with Crippen molar-refractivity contribution in [1.82, 2.24) is 4.98 Å². The Morgan fingerprint density at radius 3 is 2.87 bits per heavy atom. The monoisotopic (exact) mass is 274 g/mol. The number of halogens is 1. The van der Waals surface area contributed by atoms with Gasteiger partial charge in [0.05, 0.1) is 12.0 Å². The quantitative estimate of drug-likeness (QED) is 0.362. The van der Waals surface area contributed by atoms with Gasteiger partial charge in [-0.1, -0.05) is 15.9 Å². The molecular formula is C8H7BrN2O4. The minimum Gasteiger partial charge on any atom is -0.464 e. The third-order valence-electron chi connectivity index (χ3n) is 1.69. The summed E-state index contributed by atoms with van der Waals surface area (Å²) in [6.45, 7) is 0. The average molecular weight is 275 g/mol. The normalized spacial score (nSPS) is 9.73. The van der Waals surface area contributed by atoms with E-state index in [1.165, 1.54) is 13.2 Å². The Kier molecular flexibility index (Phi) is 3.73. The van der Waals surface area contributed by atoms with Crippen LogP contribution in [0.25, 0.3) is 0 Å². The number of nitro groups is 1. The van der Waals surface area contributed by atoms with E-state index in [9.17, 15) is 14.9 Å². The number of aromatic nitrogens is 1. The molecule has 6 nitrogen and oxygen atoms in total. The summed E-state index contributed by atoms with van der Waals surface area (Å²) in [5.41, 5.74) is 0.355. The maximum atomic E-state index is 11.2. The highest BCUT2D eigenvalue weighted by atomic mass is 79.9. The molecule has 7 heteroatoms. The van der Waals surface area contributed by atoms with E-state index < -0.39 is 10.9 Å². The van der Waals surface area contributed by atoms with E-state index in [4.69, 9.17) is 0 Å². The van der Waals surface area contributed by atoms with Crippen molar-refractivity contribution in [3.8, 4) is 0 Å². The van der Waals surface area contributed by atoms with Crippen molar-refractivity contribution >= 4 is 27.6 Å². The van der Waals surface area contributed by atoms with Crippen LogP contribution in [-0.2, 0) is 10.1 Å².